The second-order valence-electron chi connectivity index (χ2n) is 12.9. The number of hydrogen-bond acceptors (Lipinski definition) is 13. The summed E-state index contributed by atoms with van der Waals surface area (Å²) in [7, 11) is 5.85. The molecule has 2 aliphatic rings. The molecule has 2 aliphatic heterocycles. The van der Waals surface area contributed by atoms with E-state index in [1.54, 1.807) is 86.7 Å². The number of Topliss-reactive ketones (excluding diaryl/α,β-unsaturated/α-hetero) is 2. The van der Waals surface area contributed by atoms with E-state index < -0.39 is 17.9 Å². The van der Waals surface area contributed by atoms with Crippen LogP contribution in [0.3, 0.4) is 0 Å². The van der Waals surface area contributed by atoms with E-state index >= 15 is 0 Å². The number of anilines is 2. The van der Waals surface area contributed by atoms with Crippen molar-refractivity contribution in [2.75, 3.05) is 52.7 Å². The summed E-state index contributed by atoms with van der Waals surface area (Å²) in [4.78, 5) is 53.2. The summed E-state index contributed by atoms with van der Waals surface area (Å²) in [6.45, 7) is 3.39. The fraction of sp³-hybridized carbons (Fsp3) is 0.238. The molecule has 57 heavy (non-hydrogen) atoms. The molecular weight excluding hydrogens is 738 g/mol. The lowest BCUT2D eigenvalue weighted by Crippen LogP contribution is -2.38. The van der Waals surface area contributed by atoms with Gasteiger partial charge in [-0.15, -0.1) is 0 Å². The molecule has 2 amide bonds. The number of carbonyl (C=O) groups excluding carboxylic acids is 4. The van der Waals surface area contributed by atoms with Gasteiger partial charge in [-0.25, -0.2) is 0 Å². The average Bonchev–Trinajstić information content (AvgIpc) is 3.90. The highest BCUT2D eigenvalue weighted by molar-refractivity contribution is 6.12. The number of benzene rings is 4. The molecule has 0 bridgehead atoms. The van der Waals surface area contributed by atoms with Gasteiger partial charge in [0, 0.05) is 11.1 Å². The highest BCUT2D eigenvalue weighted by atomic mass is 16.7. The maximum Gasteiger partial charge on any atom is 0.241 e. The minimum atomic E-state index is -1.26. The van der Waals surface area contributed by atoms with Crippen molar-refractivity contribution in [3.05, 3.63) is 94.1 Å². The first kappa shape index (κ1) is 39.7. The number of methoxy groups -OCH3 is 4. The number of allylic oxidation sites excluding steroid dienone is 2. The molecule has 1 unspecified atom stereocenters. The maximum atomic E-state index is 13.4. The van der Waals surface area contributed by atoms with Gasteiger partial charge in [-0.05, 0) is 96.8 Å². The minimum absolute atomic E-state index is 0.0275. The summed E-state index contributed by atoms with van der Waals surface area (Å²) < 4.78 is 43.4. The normalized spacial score (nSPS) is 13.4. The molecule has 4 aromatic rings. The van der Waals surface area contributed by atoms with E-state index in [1.165, 1.54) is 28.4 Å². The predicted octanol–water partition coefficient (Wildman–Crippen LogP) is 6.05. The van der Waals surface area contributed by atoms with E-state index in [-0.39, 0.29) is 37.3 Å². The lowest BCUT2D eigenvalue weighted by atomic mass is 10.0. The molecule has 1 atom stereocenters. The summed E-state index contributed by atoms with van der Waals surface area (Å²) in [6, 6.07) is 15.1. The first-order valence-electron chi connectivity index (χ1n) is 17.6. The third-order valence-corrected chi connectivity index (χ3v) is 9.04. The highest BCUT2D eigenvalue weighted by Crippen LogP contribution is 2.43. The fourth-order valence-electron chi connectivity index (χ4n) is 6.15. The van der Waals surface area contributed by atoms with Crippen molar-refractivity contribution in [2.45, 2.75) is 26.3 Å². The van der Waals surface area contributed by atoms with Gasteiger partial charge in [0.1, 0.15) is 11.5 Å². The molecule has 0 aliphatic carbocycles. The monoisotopic (exact) mass is 779 g/mol. The number of amides is 2. The van der Waals surface area contributed by atoms with Gasteiger partial charge in [-0.1, -0.05) is 12.1 Å². The van der Waals surface area contributed by atoms with Crippen LogP contribution in [0, 0.1) is 0 Å². The van der Waals surface area contributed by atoms with Crippen LogP contribution in [0.15, 0.2) is 71.8 Å². The smallest absolute Gasteiger partial charge is 0.241 e. The molecule has 0 spiro atoms. The van der Waals surface area contributed by atoms with E-state index in [4.69, 9.17) is 43.6 Å². The largest absolute Gasteiger partial charge is 0.495 e. The third-order valence-electron chi connectivity index (χ3n) is 9.04. The number of ether oxygens (including phenoxy) is 8. The number of carbonyl (C=O) groups is 4. The number of nitrogens with one attached hydrogen (secondary N) is 2. The zero-order valence-electron chi connectivity index (χ0n) is 32.1. The Morgan fingerprint density at radius 2 is 1.07 bits per heavy atom. The van der Waals surface area contributed by atoms with Crippen LogP contribution in [0.5, 0.6) is 46.0 Å². The summed E-state index contributed by atoms with van der Waals surface area (Å²) in [5, 5.41) is 5.48. The second-order valence-corrected chi connectivity index (χ2v) is 12.9. The van der Waals surface area contributed by atoms with Crippen molar-refractivity contribution < 1.29 is 57.1 Å². The molecule has 4 aromatic carbocycles. The number of rotatable bonds is 15. The van der Waals surface area contributed by atoms with Gasteiger partial charge in [0.25, 0.3) is 0 Å². The molecular formula is C42H41N3O12. The maximum absolute atomic E-state index is 13.4. The Morgan fingerprint density at radius 1 is 0.632 bits per heavy atom. The Bertz CT molecular complexity index is 2320. The first-order chi connectivity index (χ1) is 27.4. The number of nitrogens with two attached hydrogens (primary N) is 1. The third kappa shape index (κ3) is 8.79. The van der Waals surface area contributed by atoms with Crippen LogP contribution in [-0.4, -0.2) is 71.4 Å². The standard InChI is InChI=1S/C42H41N3O12/c1-22(38(47)26-15-33(52-5)40-35(17-26)54-20-56-40)11-24-7-9-31(50-3)29(13-24)44-37(46)19-28(43)42(49)45-30-14-25(8-10-32(30)51-4)12-23(2)39(48)27-16-34(53-6)41-36(18-27)55-21-57-41/h7-18,28H,19-21,43H2,1-6H3,(H,44,46)(H,45,49). The van der Waals surface area contributed by atoms with E-state index in [9.17, 15) is 19.2 Å². The van der Waals surface area contributed by atoms with Crippen molar-refractivity contribution in [1.82, 2.24) is 0 Å². The van der Waals surface area contributed by atoms with E-state index in [2.05, 4.69) is 10.6 Å². The summed E-state index contributed by atoms with van der Waals surface area (Å²) in [6.07, 6.45) is 2.94. The number of hydrogen-bond donors (Lipinski definition) is 3. The van der Waals surface area contributed by atoms with Crippen LogP contribution in [0.2, 0.25) is 0 Å². The zero-order valence-corrected chi connectivity index (χ0v) is 32.1. The van der Waals surface area contributed by atoms with Crippen LogP contribution < -0.4 is 54.3 Å². The van der Waals surface area contributed by atoms with Crippen LogP contribution in [-0.2, 0) is 9.59 Å². The second kappa shape index (κ2) is 17.2. The Kier molecular flexibility index (Phi) is 12.0. The van der Waals surface area contributed by atoms with Gasteiger partial charge in [-0.2, -0.15) is 0 Å². The lowest BCUT2D eigenvalue weighted by molar-refractivity contribution is -0.122. The first-order valence-corrected chi connectivity index (χ1v) is 17.6. The zero-order chi connectivity index (χ0) is 40.8. The lowest BCUT2D eigenvalue weighted by Gasteiger charge is -2.16. The van der Waals surface area contributed by atoms with E-state index in [0.29, 0.717) is 85.1 Å². The topological polar surface area (TPSA) is 192 Å². The van der Waals surface area contributed by atoms with Crippen molar-refractivity contribution >= 4 is 46.9 Å². The van der Waals surface area contributed by atoms with Crippen molar-refractivity contribution in [3.8, 4) is 46.0 Å². The molecule has 6 rings (SSSR count). The van der Waals surface area contributed by atoms with E-state index in [0.717, 1.165) is 0 Å². The minimum Gasteiger partial charge on any atom is -0.495 e. The Labute approximate surface area is 328 Å². The van der Waals surface area contributed by atoms with Gasteiger partial charge in [-0.3, -0.25) is 19.2 Å². The van der Waals surface area contributed by atoms with Gasteiger partial charge in [0.15, 0.2) is 34.6 Å². The molecule has 15 heteroatoms. The fourth-order valence-corrected chi connectivity index (χ4v) is 6.15. The van der Waals surface area contributed by atoms with E-state index in [1.807, 2.05) is 0 Å². The molecule has 0 saturated heterocycles. The highest BCUT2D eigenvalue weighted by Gasteiger charge is 2.25. The van der Waals surface area contributed by atoms with Crippen LogP contribution in [0.4, 0.5) is 11.4 Å². The summed E-state index contributed by atoms with van der Waals surface area (Å²) in [5.74, 6) is 1.39. The van der Waals surface area contributed by atoms with Gasteiger partial charge in [0.2, 0.25) is 36.9 Å². The van der Waals surface area contributed by atoms with Crippen LogP contribution in [0.1, 0.15) is 52.1 Å². The molecule has 0 aromatic heterocycles. The molecule has 2 heterocycles. The number of ketones is 2. The molecule has 15 nitrogen and oxygen atoms in total. The Hall–Kier alpha value is -7.00. The summed E-state index contributed by atoms with van der Waals surface area (Å²) >= 11 is 0. The van der Waals surface area contributed by atoms with Gasteiger partial charge >= 0.3 is 0 Å². The summed E-state index contributed by atoms with van der Waals surface area (Å²) in [5.41, 5.74) is 9.47. The molecule has 296 valence electrons. The van der Waals surface area contributed by atoms with Gasteiger partial charge < -0.3 is 54.3 Å². The molecule has 0 radical (unpaired) electrons. The number of fused-ring (bicyclic) bond motifs is 2. The Morgan fingerprint density at radius 3 is 1.51 bits per heavy atom. The van der Waals surface area contributed by atoms with Gasteiger partial charge in [0.05, 0.1) is 52.3 Å². The quantitative estimate of drug-likeness (QED) is 0.0935. The van der Waals surface area contributed by atoms with Crippen LogP contribution in [0.25, 0.3) is 12.2 Å². The molecule has 0 saturated carbocycles. The SMILES string of the molecule is COc1ccc(C=C(C)C(=O)c2cc(OC)c3c(c2)OCO3)cc1NC(=O)CC(N)C(=O)Nc1cc(C=C(C)C(=O)c2cc(OC)c3c(c2)OCO3)ccc1OC. The van der Waals surface area contributed by atoms with Crippen molar-refractivity contribution in [1.29, 1.82) is 0 Å². The predicted molar refractivity (Wildman–Crippen MR) is 210 cm³/mol. The van der Waals surface area contributed by atoms with Crippen molar-refractivity contribution in [3.63, 3.8) is 0 Å². The average molecular weight is 780 g/mol. The van der Waals surface area contributed by atoms with Crippen LogP contribution >= 0.6 is 0 Å². The molecule has 0 fully saturated rings. The molecule has 4 N–H and O–H groups in total. The van der Waals surface area contributed by atoms with Crippen molar-refractivity contribution in [2.24, 2.45) is 5.73 Å². The Balaban J connectivity index is 1.11.